The van der Waals surface area contributed by atoms with Gasteiger partial charge in [-0.25, -0.2) is 4.79 Å². The van der Waals surface area contributed by atoms with Crippen LogP contribution in [-0.4, -0.2) is 38.9 Å². The van der Waals surface area contributed by atoms with E-state index in [4.69, 9.17) is 5.73 Å². The van der Waals surface area contributed by atoms with E-state index in [-0.39, 0.29) is 30.0 Å². The minimum Gasteiger partial charge on any atom is -0.369 e. The van der Waals surface area contributed by atoms with Gasteiger partial charge in [0, 0.05) is 19.6 Å². The monoisotopic (exact) mass is 330 g/mol. The number of carbonyl (C=O) groups is 2. The second-order valence-corrected chi connectivity index (χ2v) is 6.18. The minimum atomic E-state index is -0.368. The maximum atomic E-state index is 12.6. The van der Waals surface area contributed by atoms with Gasteiger partial charge in [0.1, 0.15) is 6.54 Å². The molecule has 2 N–H and O–H groups in total. The smallest absolute Gasteiger partial charge is 0.329 e. The van der Waals surface area contributed by atoms with Crippen molar-refractivity contribution in [1.82, 2.24) is 14.0 Å². The Hall–Kier alpha value is -2.57. The van der Waals surface area contributed by atoms with Crippen molar-refractivity contribution in [2.45, 2.75) is 32.9 Å². The van der Waals surface area contributed by atoms with Crippen LogP contribution in [0.15, 0.2) is 29.1 Å². The predicted molar refractivity (Wildman–Crippen MR) is 90.4 cm³/mol. The molecule has 2 heterocycles. The molecular weight excluding hydrogens is 308 g/mol. The molecule has 0 radical (unpaired) electrons. The fraction of sp³-hybridized carbons (Fsp3) is 0.471. The van der Waals surface area contributed by atoms with E-state index in [0.29, 0.717) is 26.1 Å². The molecule has 2 aromatic rings. The fourth-order valence-corrected chi connectivity index (χ4v) is 3.40. The number of fused-ring (bicyclic) bond motifs is 1. The fourth-order valence-electron chi connectivity index (χ4n) is 3.40. The third-order valence-electron chi connectivity index (χ3n) is 4.71. The van der Waals surface area contributed by atoms with E-state index in [1.807, 2.05) is 31.2 Å². The number of para-hydroxylation sites is 2. The van der Waals surface area contributed by atoms with Crippen LogP contribution in [-0.2, 0) is 22.7 Å². The number of nitrogens with zero attached hydrogens (tertiary/aromatic N) is 3. The molecule has 0 bridgehead atoms. The van der Waals surface area contributed by atoms with Crippen LogP contribution in [0.25, 0.3) is 11.0 Å². The molecule has 0 spiro atoms. The maximum absolute atomic E-state index is 12.6. The van der Waals surface area contributed by atoms with Crippen molar-refractivity contribution in [3.05, 3.63) is 34.7 Å². The highest BCUT2D eigenvalue weighted by molar-refractivity contribution is 5.82. The molecule has 0 aliphatic carbocycles. The van der Waals surface area contributed by atoms with Gasteiger partial charge in [0.2, 0.25) is 11.8 Å². The molecule has 1 unspecified atom stereocenters. The summed E-state index contributed by atoms with van der Waals surface area (Å²) in [5.74, 6) is -0.814. The van der Waals surface area contributed by atoms with Crippen LogP contribution >= 0.6 is 0 Å². The first-order valence-electron chi connectivity index (χ1n) is 8.28. The highest BCUT2D eigenvalue weighted by atomic mass is 16.2. The third-order valence-corrected chi connectivity index (χ3v) is 4.71. The highest BCUT2D eigenvalue weighted by Crippen LogP contribution is 2.17. The number of rotatable bonds is 4. The van der Waals surface area contributed by atoms with E-state index in [9.17, 15) is 14.4 Å². The summed E-state index contributed by atoms with van der Waals surface area (Å²) in [6.07, 6.45) is 1.47. The van der Waals surface area contributed by atoms with Crippen LogP contribution in [0, 0.1) is 5.92 Å². The van der Waals surface area contributed by atoms with Gasteiger partial charge in [-0.1, -0.05) is 12.1 Å². The lowest BCUT2D eigenvalue weighted by molar-refractivity contribution is -0.135. The number of aromatic nitrogens is 2. The van der Waals surface area contributed by atoms with Gasteiger partial charge in [-0.05, 0) is 31.9 Å². The van der Waals surface area contributed by atoms with E-state index in [0.717, 1.165) is 17.5 Å². The number of amides is 2. The van der Waals surface area contributed by atoms with E-state index in [2.05, 4.69) is 0 Å². The molecule has 1 aliphatic rings. The van der Waals surface area contributed by atoms with Gasteiger partial charge in [0.05, 0.1) is 17.0 Å². The molecule has 1 aromatic heterocycles. The van der Waals surface area contributed by atoms with Crippen molar-refractivity contribution in [3.63, 3.8) is 0 Å². The van der Waals surface area contributed by atoms with E-state index in [1.54, 1.807) is 9.47 Å². The second kappa shape index (κ2) is 6.51. The lowest BCUT2D eigenvalue weighted by atomic mass is 9.97. The second-order valence-electron chi connectivity index (χ2n) is 6.18. The summed E-state index contributed by atoms with van der Waals surface area (Å²) in [6.45, 7) is 3.38. The summed E-state index contributed by atoms with van der Waals surface area (Å²) in [7, 11) is 0. The Bertz CT molecular complexity index is 836. The summed E-state index contributed by atoms with van der Waals surface area (Å²) in [5, 5.41) is 0. The van der Waals surface area contributed by atoms with Crippen LogP contribution in [0.1, 0.15) is 19.8 Å². The van der Waals surface area contributed by atoms with Crippen molar-refractivity contribution in [1.29, 1.82) is 0 Å². The lowest BCUT2D eigenvalue weighted by Gasteiger charge is -2.31. The molecule has 0 saturated carbocycles. The molecule has 128 valence electrons. The summed E-state index contributed by atoms with van der Waals surface area (Å²) in [6, 6.07) is 7.46. The molecule has 1 atom stereocenters. The van der Waals surface area contributed by atoms with Gasteiger partial charge in [-0.15, -0.1) is 0 Å². The number of likely N-dealkylation sites (tertiary alicyclic amines) is 1. The molecule has 2 amide bonds. The van der Waals surface area contributed by atoms with Gasteiger partial charge in [0.15, 0.2) is 0 Å². The quantitative estimate of drug-likeness (QED) is 0.887. The molecule has 1 fully saturated rings. The lowest BCUT2D eigenvalue weighted by Crippen LogP contribution is -2.46. The molecule has 1 aliphatic heterocycles. The van der Waals surface area contributed by atoms with Crippen LogP contribution in [0.2, 0.25) is 0 Å². The number of imidazole rings is 1. The van der Waals surface area contributed by atoms with Crippen LogP contribution in [0.5, 0.6) is 0 Å². The first-order chi connectivity index (χ1) is 11.5. The largest absolute Gasteiger partial charge is 0.369 e. The van der Waals surface area contributed by atoms with Crippen LogP contribution in [0.4, 0.5) is 0 Å². The Kier molecular flexibility index (Phi) is 4.42. The van der Waals surface area contributed by atoms with E-state index in [1.165, 1.54) is 4.57 Å². The number of piperidine rings is 1. The average Bonchev–Trinajstić information content (AvgIpc) is 2.86. The predicted octanol–water partition coefficient (Wildman–Crippen LogP) is 0.547. The SMILES string of the molecule is CCn1c(=O)n(CC(=O)N2CCCC(C(N)=O)C2)c2ccccc21. The molecule has 24 heavy (non-hydrogen) atoms. The molecule has 1 saturated heterocycles. The van der Waals surface area contributed by atoms with E-state index >= 15 is 0 Å². The maximum Gasteiger partial charge on any atom is 0.329 e. The molecule has 3 rings (SSSR count). The number of nitrogens with two attached hydrogens (primary N) is 1. The zero-order chi connectivity index (χ0) is 17.3. The Labute approximate surface area is 139 Å². The number of aryl methyl sites for hydroxylation is 1. The highest BCUT2D eigenvalue weighted by Gasteiger charge is 2.27. The van der Waals surface area contributed by atoms with Gasteiger partial charge < -0.3 is 10.6 Å². The Balaban J connectivity index is 1.87. The van der Waals surface area contributed by atoms with Gasteiger partial charge in [-0.3, -0.25) is 18.7 Å². The zero-order valence-electron chi connectivity index (χ0n) is 13.8. The minimum absolute atomic E-state index is 0.0160. The van der Waals surface area contributed by atoms with Gasteiger partial charge >= 0.3 is 5.69 Å². The average molecular weight is 330 g/mol. The number of carbonyl (C=O) groups excluding carboxylic acids is 2. The van der Waals surface area contributed by atoms with Crippen LogP contribution < -0.4 is 11.4 Å². The summed E-state index contributed by atoms with van der Waals surface area (Å²) < 4.78 is 3.17. The Morgan fingerprint density at radius 1 is 1.21 bits per heavy atom. The van der Waals surface area contributed by atoms with Crippen molar-refractivity contribution in [3.8, 4) is 0 Å². The normalized spacial score (nSPS) is 18.0. The first-order valence-corrected chi connectivity index (χ1v) is 8.28. The summed E-state index contributed by atoms with van der Waals surface area (Å²) >= 11 is 0. The molecular formula is C17H22N4O3. The molecule has 7 nitrogen and oxygen atoms in total. The standard InChI is InChI=1S/C17H22N4O3/c1-2-20-13-7-3-4-8-14(13)21(17(20)24)11-15(22)19-9-5-6-12(10-19)16(18)23/h3-4,7-8,12H,2,5-6,9-11H2,1H3,(H2,18,23). The number of benzene rings is 1. The van der Waals surface area contributed by atoms with Gasteiger partial charge in [0.25, 0.3) is 0 Å². The van der Waals surface area contributed by atoms with Crippen LogP contribution in [0.3, 0.4) is 0 Å². The summed E-state index contributed by atoms with van der Waals surface area (Å²) in [5.41, 5.74) is 6.76. The number of hydrogen-bond acceptors (Lipinski definition) is 3. The van der Waals surface area contributed by atoms with Crippen molar-refractivity contribution < 1.29 is 9.59 Å². The molecule has 1 aromatic carbocycles. The third kappa shape index (κ3) is 2.81. The zero-order valence-corrected chi connectivity index (χ0v) is 13.8. The van der Waals surface area contributed by atoms with Crippen molar-refractivity contribution in [2.24, 2.45) is 11.7 Å². The Morgan fingerprint density at radius 3 is 2.50 bits per heavy atom. The molecule has 7 heteroatoms. The number of primary amides is 1. The summed E-state index contributed by atoms with van der Waals surface area (Å²) in [4.78, 5) is 38.2. The van der Waals surface area contributed by atoms with Crippen molar-refractivity contribution >= 4 is 22.8 Å². The van der Waals surface area contributed by atoms with Crippen molar-refractivity contribution in [2.75, 3.05) is 13.1 Å². The number of hydrogen-bond donors (Lipinski definition) is 1. The first kappa shape index (κ1) is 16.3. The van der Waals surface area contributed by atoms with Gasteiger partial charge in [-0.2, -0.15) is 0 Å². The van der Waals surface area contributed by atoms with E-state index < -0.39 is 0 Å². The Morgan fingerprint density at radius 2 is 1.88 bits per heavy atom. The topological polar surface area (TPSA) is 90.3 Å².